The molecular weight excluding hydrogens is 158 g/mol. The predicted molar refractivity (Wildman–Crippen MR) is 47.9 cm³/mol. The summed E-state index contributed by atoms with van der Waals surface area (Å²) >= 11 is 5.82. The molecule has 0 unspecified atom stereocenters. The number of nitrogens with zero attached hydrogens (tertiary/aromatic N) is 1. The molecule has 1 aliphatic heterocycles. The van der Waals surface area contributed by atoms with Gasteiger partial charge in [-0.25, -0.2) is 0 Å². The summed E-state index contributed by atoms with van der Waals surface area (Å²) in [6, 6.07) is 5.83. The van der Waals surface area contributed by atoms with Gasteiger partial charge in [0.2, 0.25) is 0 Å². The van der Waals surface area contributed by atoms with E-state index in [9.17, 15) is 0 Å². The second-order valence-corrected chi connectivity index (χ2v) is 3.23. The Hall–Kier alpha value is -0.820. The summed E-state index contributed by atoms with van der Waals surface area (Å²) in [6.07, 6.45) is 0.954. The number of rotatable bonds is 0. The van der Waals surface area contributed by atoms with Crippen LogP contribution in [0.5, 0.6) is 0 Å². The highest BCUT2D eigenvalue weighted by atomic mass is 35.5. The van der Waals surface area contributed by atoms with Crippen molar-refractivity contribution in [1.82, 2.24) is 0 Å². The van der Waals surface area contributed by atoms with Gasteiger partial charge in [0.1, 0.15) is 0 Å². The van der Waals surface area contributed by atoms with E-state index in [0.29, 0.717) is 0 Å². The highest BCUT2D eigenvalue weighted by Crippen LogP contribution is 2.28. The van der Waals surface area contributed by atoms with Crippen LogP contribution in [0.1, 0.15) is 12.5 Å². The number of fused-ring (bicyclic) bond motifs is 1. The fourth-order valence-electron chi connectivity index (χ4n) is 1.33. The lowest BCUT2D eigenvalue weighted by Gasteiger charge is -1.95. The van der Waals surface area contributed by atoms with Crippen LogP contribution in [0.2, 0.25) is 5.02 Å². The number of aliphatic imine (C=N–C) groups is 1. The zero-order chi connectivity index (χ0) is 7.84. The fraction of sp³-hybridized carbons (Fsp3) is 0.222. The Bertz CT molecular complexity index is 328. The number of hydrogen-bond acceptors (Lipinski definition) is 1. The molecule has 0 aliphatic carbocycles. The second kappa shape index (κ2) is 2.35. The van der Waals surface area contributed by atoms with Crippen LogP contribution in [0, 0.1) is 0 Å². The Labute approximate surface area is 70.7 Å². The van der Waals surface area contributed by atoms with E-state index in [0.717, 1.165) is 17.1 Å². The van der Waals surface area contributed by atoms with E-state index in [2.05, 4.69) is 4.99 Å². The largest absolute Gasteiger partial charge is 0.257 e. The van der Waals surface area contributed by atoms with Gasteiger partial charge in [0.15, 0.2) is 0 Å². The number of benzene rings is 1. The first-order valence-electron chi connectivity index (χ1n) is 3.58. The fourth-order valence-corrected chi connectivity index (χ4v) is 1.52. The molecule has 1 aromatic rings. The average molecular weight is 166 g/mol. The van der Waals surface area contributed by atoms with Crippen LogP contribution in [-0.2, 0) is 6.42 Å². The predicted octanol–water partition coefficient (Wildman–Crippen LogP) is 2.99. The highest BCUT2D eigenvalue weighted by Gasteiger charge is 2.10. The van der Waals surface area contributed by atoms with E-state index >= 15 is 0 Å². The minimum absolute atomic E-state index is 0.800. The quantitative estimate of drug-likeness (QED) is 0.561. The van der Waals surface area contributed by atoms with Gasteiger partial charge in [-0.2, -0.15) is 0 Å². The molecule has 0 saturated heterocycles. The van der Waals surface area contributed by atoms with Crippen LogP contribution in [0.15, 0.2) is 23.2 Å². The third kappa shape index (κ3) is 1.16. The summed E-state index contributed by atoms with van der Waals surface area (Å²) in [5, 5.41) is 0.800. The Morgan fingerprint density at radius 2 is 2.27 bits per heavy atom. The van der Waals surface area contributed by atoms with Gasteiger partial charge >= 0.3 is 0 Å². The van der Waals surface area contributed by atoms with Gasteiger partial charge in [0.05, 0.1) is 5.69 Å². The zero-order valence-corrected chi connectivity index (χ0v) is 7.02. The molecule has 2 rings (SSSR count). The normalized spacial score (nSPS) is 14.5. The van der Waals surface area contributed by atoms with Crippen molar-refractivity contribution < 1.29 is 0 Å². The molecule has 0 N–H and O–H groups in total. The standard InChI is InChI=1S/C9H8ClN/c1-6-4-7-5-8(10)2-3-9(7)11-6/h2-3,5H,4H2,1H3. The van der Waals surface area contributed by atoms with Gasteiger partial charge < -0.3 is 0 Å². The molecule has 1 nitrogen and oxygen atoms in total. The summed E-state index contributed by atoms with van der Waals surface area (Å²) < 4.78 is 0. The number of hydrogen-bond donors (Lipinski definition) is 0. The minimum Gasteiger partial charge on any atom is -0.257 e. The molecule has 1 aromatic carbocycles. The van der Waals surface area contributed by atoms with Crippen molar-refractivity contribution in [1.29, 1.82) is 0 Å². The molecule has 0 aromatic heterocycles. The Morgan fingerprint density at radius 3 is 3.09 bits per heavy atom. The molecule has 1 aliphatic rings. The smallest absolute Gasteiger partial charge is 0.0665 e. The Kier molecular flexibility index (Phi) is 1.46. The van der Waals surface area contributed by atoms with Gasteiger partial charge in [0, 0.05) is 17.2 Å². The topological polar surface area (TPSA) is 12.4 Å². The van der Waals surface area contributed by atoms with Gasteiger partial charge in [-0.15, -0.1) is 0 Å². The molecule has 0 spiro atoms. The Balaban J connectivity index is 2.52. The maximum Gasteiger partial charge on any atom is 0.0665 e. The monoisotopic (exact) mass is 165 g/mol. The maximum absolute atomic E-state index is 5.82. The van der Waals surface area contributed by atoms with Crippen LogP contribution in [0.25, 0.3) is 0 Å². The Morgan fingerprint density at radius 1 is 1.45 bits per heavy atom. The molecule has 0 atom stereocenters. The first kappa shape index (κ1) is 6.86. The molecule has 1 heterocycles. The van der Waals surface area contributed by atoms with Crippen molar-refractivity contribution in [2.75, 3.05) is 0 Å². The minimum atomic E-state index is 0.800. The molecule has 2 heteroatoms. The molecule has 0 fully saturated rings. The molecule has 0 saturated carbocycles. The van der Waals surface area contributed by atoms with E-state index in [1.165, 1.54) is 11.3 Å². The van der Waals surface area contributed by atoms with Crippen LogP contribution in [0.3, 0.4) is 0 Å². The van der Waals surface area contributed by atoms with E-state index in [-0.39, 0.29) is 0 Å². The van der Waals surface area contributed by atoms with Gasteiger partial charge in [-0.05, 0) is 30.7 Å². The molecular formula is C9H8ClN. The molecule has 0 bridgehead atoms. The van der Waals surface area contributed by atoms with E-state index < -0.39 is 0 Å². The van der Waals surface area contributed by atoms with E-state index in [1.54, 1.807) is 0 Å². The lowest BCUT2D eigenvalue weighted by Crippen LogP contribution is -1.87. The van der Waals surface area contributed by atoms with E-state index in [4.69, 9.17) is 11.6 Å². The zero-order valence-electron chi connectivity index (χ0n) is 6.26. The first-order valence-corrected chi connectivity index (χ1v) is 3.96. The summed E-state index contributed by atoms with van der Waals surface area (Å²) in [7, 11) is 0. The van der Waals surface area contributed by atoms with Crippen LogP contribution in [0.4, 0.5) is 5.69 Å². The summed E-state index contributed by atoms with van der Waals surface area (Å²) in [4.78, 5) is 4.35. The summed E-state index contributed by atoms with van der Waals surface area (Å²) in [6.45, 7) is 2.04. The van der Waals surface area contributed by atoms with Crippen molar-refractivity contribution in [2.45, 2.75) is 13.3 Å². The third-order valence-electron chi connectivity index (χ3n) is 1.80. The van der Waals surface area contributed by atoms with Crippen molar-refractivity contribution in [3.63, 3.8) is 0 Å². The van der Waals surface area contributed by atoms with Gasteiger partial charge in [0.25, 0.3) is 0 Å². The molecule has 0 radical (unpaired) electrons. The van der Waals surface area contributed by atoms with Crippen molar-refractivity contribution >= 4 is 23.0 Å². The van der Waals surface area contributed by atoms with Gasteiger partial charge in [-0.3, -0.25) is 4.99 Å². The molecule has 11 heavy (non-hydrogen) atoms. The molecule has 0 amide bonds. The highest BCUT2D eigenvalue weighted by molar-refractivity contribution is 6.30. The summed E-state index contributed by atoms with van der Waals surface area (Å²) in [5.74, 6) is 0. The number of halogens is 1. The lowest BCUT2D eigenvalue weighted by atomic mass is 10.1. The van der Waals surface area contributed by atoms with Crippen molar-refractivity contribution in [3.8, 4) is 0 Å². The van der Waals surface area contributed by atoms with Crippen molar-refractivity contribution in [3.05, 3.63) is 28.8 Å². The summed E-state index contributed by atoms with van der Waals surface area (Å²) in [5.41, 5.74) is 3.49. The van der Waals surface area contributed by atoms with Crippen LogP contribution in [-0.4, -0.2) is 5.71 Å². The average Bonchev–Trinajstić information content (AvgIpc) is 2.27. The van der Waals surface area contributed by atoms with Crippen molar-refractivity contribution in [2.24, 2.45) is 4.99 Å². The van der Waals surface area contributed by atoms with Crippen LogP contribution >= 0.6 is 11.6 Å². The van der Waals surface area contributed by atoms with E-state index in [1.807, 2.05) is 25.1 Å². The third-order valence-corrected chi connectivity index (χ3v) is 2.03. The first-order chi connectivity index (χ1) is 5.25. The maximum atomic E-state index is 5.82. The SMILES string of the molecule is CC1=Nc2ccc(Cl)cc2C1. The lowest BCUT2D eigenvalue weighted by molar-refractivity contribution is 1.38. The van der Waals surface area contributed by atoms with Gasteiger partial charge in [-0.1, -0.05) is 11.6 Å². The van der Waals surface area contributed by atoms with Crippen LogP contribution < -0.4 is 0 Å². The second-order valence-electron chi connectivity index (χ2n) is 2.80. The molecule has 56 valence electrons.